The molecule has 17 heavy (non-hydrogen) atoms. The Morgan fingerprint density at radius 1 is 1.53 bits per heavy atom. The summed E-state index contributed by atoms with van der Waals surface area (Å²) in [5.74, 6) is 0.716. The summed E-state index contributed by atoms with van der Waals surface area (Å²) in [5, 5.41) is 14.7. The fourth-order valence-corrected chi connectivity index (χ4v) is 1.86. The topological polar surface area (TPSA) is 87.0 Å². The normalized spacial score (nSPS) is 14.5. The highest BCUT2D eigenvalue weighted by atomic mass is 16.6. The van der Waals surface area contributed by atoms with Gasteiger partial charge >= 0.3 is 5.69 Å². The average molecular weight is 240 g/mol. The van der Waals surface area contributed by atoms with Crippen LogP contribution in [0.4, 0.5) is 11.5 Å². The van der Waals surface area contributed by atoms with Gasteiger partial charge in [-0.25, -0.2) is 4.68 Å². The third-order valence-corrected chi connectivity index (χ3v) is 3.20. The molecule has 0 aliphatic rings. The van der Waals surface area contributed by atoms with E-state index < -0.39 is 4.92 Å². The molecule has 2 unspecified atom stereocenters. The number of nitrogens with zero attached hydrogens (tertiary/aromatic N) is 3. The minimum absolute atomic E-state index is 0.104. The number of rotatable bonds is 6. The highest BCUT2D eigenvalue weighted by molar-refractivity contribution is 5.51. The Bertz CT molecular complexity index is 389. The molecule has 0 radical (unpaired) electrons. The molecule has 1 aromatic heterocycles. The van der Waals surface area contributed by atoms with E-state index in [1.807, 2.05) is 6.92 Å². The first-order valence-electron chi connectivity index (χ1n) is 5.98. The van der Waals surface area contributed by atoms with E-state index in [0.717, 1.165) is 19.3 Å². The highest BCUT2D eigenvalue weighted by Crippen LogP contribution is 2.29. The first-order valence-corrected chi connectivity index (χ1v) is 5.98. The lowest BCUT2D eigenvalue weighted by atomic mass is 9.98. The molecule has 6 nitrogen and oxygen atoms in total. The molecule has 0 fully saturated rings. The van der Waals surface area contributed by atoms with Crippen LogP contribution in [0, 0.1) is 16.0 Å². The summed E-state index contributed by atoms with van der Waals surface area (Å²) >= 11 is 0. The van der Waals surface area contributed by atoms with Gasteiger partial charge in [-0.2, -0.15) is 5.10 Å². The van der Waals surface area contributed by atoms with Crippen LogP contribution in [0.1, 0.15) is 46.1 Å². The number of hydrogen-bond acceptors (Lipinski definition) is 4. The van der Waals surface area contributed by atoms with Gasteiger partial charge in [-0.05, 0) is 18.8 Å². The molecule has 0 saturated heterocycles. The van der Waals surface area contributed by atoms with Gasteiger partial charge in [0.15, 0.2) is 0 Å². The van der Waals surface area contributed by atoms with Gasteiger partial charge in [0.05, 0.1) is 11.0 Å². The summed E-state index contributed by atoms with van der Waals surface area (Å²) < 4.78 is 1.59. The Morgan fingerprint density at radius 2 is 2.18 bits per heavy atom. The minimum Gasteiger partial charge on any atom is -0.378 e. The summed E-state index contributed by atoms with van der Waals surface area (Å²) in [7, 11) is 0. The summed E-state index contributed by atoms with van der Waals surface area (Å²) in [4.78, 5) is 10.2. The zero-order valence-corrected chi connectivity index (χ0v) is 10.6. The fourth-order valence-electron chi connectivity index (χ4n) is 1.86. The molecule has 0 saturated carbocycles. The quantitative estimate of drug-likeness (QED) is 0.611. The molecule has 2 N–H and O–H groups in total. The molecular weight excluding hydrogens is 220 g/mol. The second-order valence-corrected chi connectivity index (χ2v) is 4.43. The van der Waals surface area contributed by atoms with E-state index in [-0.39, 0.29) is 17.5 Å². The average Bonchev–Trinajstić information content (AvgIpc) is 2.67. The molecule has 0 spiro atoms. The van der Waals surface area contributed by atoms with Gasteiger partial charge in [-0.15, -0.1) is 0 Å². The van der Waals surface area contributed by atoms with Crippen LogP contribution < -0.4 is 5.73 Å². The van der Waals surface area contributed by atoms with Crippen molar-refractivity contribution in [1.82, 2.24) is 9.78 Å². The molecule has 2 atom stereocenters. The van der Waals surface area contributed by atoms with Crippen molar-refractivity contribution in [3.05, 3.63) is 16.3 Å². The predicted molar refractivity (Wildman–Crippen MR) is 66.7 cm³/mol. The second kappa shape index (κ2) is 5.65. The van der Waals surface area contributed by atoms with E-state index in [9.17, 15) is 10.1 Å². The molecule has 1 rings (SSSR count). The van der Waals surface area contributed by atoms with Crippen LogP contribution >= 0.6 is 0 Å². The first-order chi connectivity index (χ1) is 8.01. The van der Waals surface area contributed by atoms with Crippen molar-refractivity contribution in [2.24, 2.45) is 5.92 Å². The molecule has 96 valence electrons. The molecule has 1 heterocycles. The van der Waals surface area contributed by atoms with Crippen molar-refractivity contribution >= 4 is 11.5 Å². The van der Waals surface area contributed by atoms with Gasteiger partial charge < -0.3 is 5.73 Å². The van der Waals surface area contributed by atoms with Crippen LogP contribution in [0.25, 0.3) is 0 Å². The SMILES string of the molecule is CCC(C)CC(CC)n1ncc([N+](=O)[O-])c1N. The number of anilines is 1. The van der Waals surface area contributed by atoms with Crippen LogP contribution in [0.15, 0.2) is 6.20 Å². The van der Waals surface area contributed by atoms with Crippen LogP contribution in [0.5, 0.6) is 0 Å². The first kappa shape index (κ1) is 13.5. The van der Waals surface area contributed by atoms with Gasteiger partial charge in [0.2, 0.25) is 5.82 Å². The number of nitrogen functional groups attached to an aromatic ring is 1. The lowest BCUT2D eigenvalue weighted by molar-refractivity contribution is -0.384. The molecule has 6 heteroatoms. The number of nitrogens with two attached hydrogens (primary N) is 1. The molecule has 0 aromatic carbocycles. The number of aromatic nitrogens is 2. The largest absolute Gasteiger partial charge is 0.378 e. The van der Waals surface area contributed by atoms with E-state index in [2.05, 4.69) is 18.9 Å². The van der Waals surface area contributed by atoms with E-state index >= 15 is 0 Å². The maximum Gasteiger partial charge on any atom is 0.330 e. The fraction of sp³-hybridized carbons (Fsp3) is 0.727. The monoisotopic (exact) mass is 240 g/mol. The van der Waals surface area contributed by atoms with E-state index in [0.29, 0.717) is 5.92 Å². The van der Waals surface area contributed by atoms with Crippen molar-refractivity contribution in [2.75, 3.05) is 5.73 Å². The third-order valence-electron chi connectivity index (χ3n) is 3.20. The van der Waals surface area contributed by atoms with Crippen LogP contribution in [-0.2, 0) is 0 Å². The molecular formula is C11H20N4O2. The lowest BCUT2D eigenvalue weighted by Gasteiger charge is -2.19. The molecule has 1 aromatic rings. The Hall–Kier alpha value is -1.59. The molecule has 0 aliphatic heterocycles. The lowest BCUT2D eigenvalue weighted by Crippen LogP contribution is -2.15. The Morgan fingerprint density at radius 3 is 2.59 bits per heavy atom. The van der Waals surface area contributed by atoms with Gasteiger partial charge in [-0.1, -0.05) is 27.2 Å². The predicted octanol–water partition coefficient (Wildman–Crippen LogP) is 2.76. The standard InChI is InChI=1S/C11H20N4O2/c1-4-8(3)6-9(5-2)14-11(12)10(7-13-14)15(16)17/h7-9H,4-6,12H2,1-3H3. The van der Waals surface area contributed by atoms with Crippen molar-refractivity contribution in [3.8, 4) is 0 Å². The third kappa shape index (κ3) is 2.95. The van der Waals surface area contributed by atoms with Crippen molar-refractivity contribution < 1.29 is 4.92 Å². The minimum atomic E-state index is -0.491. The van der Waals surface area contributed by atoms with E-state index in [4.69, 9.17) is 5.73 Å². The summed E-state index contributed by atoms with van der Waals surface area (Å²) in [6.45, 7) is 6.34. The zero-order chi connectivity index (χ0) is 13.0. The van der Waals surface area contributed by atoms with Gasteiger partial charge in [0.1, 0.15) is 6.20 Å². The summed E-state index contributed by atoms with van der Waals surface area (Å²) in [6, 6.07) is 0.138. The van der Waals surface area contributed by atoms with Crippen LogP contribution in [0.3, 0.4) is 0 Å². The van der Waals surface area contributed by atoms with Gasteiger partial charge in [-0.3, -0.25) is 10.1 Å². The number of hydrogen-bond donors (Lipinski definition) is 1. The Balaban J connectivity index is 2.92. The van der Waals surface area contributed by atoms with Crippen molar-refractivity contribution in [1.29, 1.82) is 0 Å². The number of nitro groups is 1. The molecule has 0 amide bonds. The summed E-state index contributed by atoms with van der Waals surface area (Å²) in [5.41, 5.74) is 5.65. The smallest absolute Gasteiger partial charge is 0.330 e. The Kier molecular flexibility index (Phi) is 4.48. The molecule has 0 bridgehead atoms. The van der Waals surface area contributed by atoms with Crippen molar-refractivity contribution in [3.63, 3.8) is 0 Å². The van der Waals surface area contributed by atoms with Crippen LogP contribution in [-0.4, -0.2) is 14.7 Å². The van der Waals surface area contributed by atoms with E-state index in [1.54, 1.807) is 4.68 Å². The van der Waals surface area contributed by atoms with E-state index in [1.165, 1.54) is 6.20 Å². The Labute approximate surface area is 101 Å². The maximum absolute atomic E-state index is 10.7. The highest BCUT2D eigenvalue weighted by Gasteiger charge is 2.22. The van der Waals surface area contributed by atoms with Crippen LogP contribution in [0.2, 0.25) is 0 Å². The van der Waals surface area contributed by atoms with Gasteiger partial charge in [0, 0.05) is 0 Å². The zero-order valence-electron chi connectivity index (χ0n) is 10.6. The second-order valence-electron chi connectivity index (χ2n) is 4.43. The maximum atomic E-state index is 10.7. The van der Waals surface area contributed by atoms with Gasteiger partial charge in [0.25, 0.3) is 0 Å². The summed E-state index contributed by atoms with van der Waals surface area (Å²) in [6.07, 6.45) is 4.12. The van der Waals surface area contributed by atoms with Crippen molar-refractivity contribution in [2.45, 2.75) is 46.1 Å². The molecule has 0 aliphatic carbocycles.